The zero-order chi connectivity index (χ0) is 18.3. The molecule has 0 radical (unpaired) electrons. The van der Waals surface area contributed by atoms with Crippen molar-refractivity contribution in [3.63, 3.8) is 0 Å². The van der Waals surface area contributed by atoms with Crippen LogP contribution < -0.4 is 4.90 Å². The number of anilines is 1. The predicted octanol–water partition coefficient (Wildman–Crippen LogP) is 2.68. The summed E-state index contributed by atoms with van der Waals surface area (Å²) in [5, 5.41) is 0. The van der Waals surface area contributed by atoms with Crippen LogP contribution in [0, 0.1) is 5.41 Å². The maximum Gasteiger partial charge on any atom is 0.326 e. The van der Waals surface area contributed by atoms with Crippen molar-refractivity contribution in [3.05, 3.63) is 65.2 Å². The van der Waals surface area contributed by atoms with Crippen LogP contribution in [-0.2, 0) is 31.9 Å². The Labute approximate surface area is 152 Å². The third-order valence-electron chi connectivity index (χ3n) is 5.62. The van der Waals surface area contributed by atoms with E-state index in [-0.39, 0.29) is 6.42 Å². The number of rotatable bonds is 2. The van der Waals surface area contributed by atoms with Gasteiger partial charge in [-0.3, -0.25) is 9.59 Å². The molecule has 0 N–H and O–H groups in total. The number of hydrogen-bond donors (Lipinski definition) is 0. The molecule has 1 unspecified atom stereocenters. The molecular formula is C21H21NO4. The van der Waals surface area contributed by atoms with Crippen LogP contribution in [0.3, 0.4) is 0 Å². The summed E-state index contributed by atoms with van der Waals surface area (Å²) in [6.45, 7) is 0.731. The highest BCUT2D eigenvalue weighted by molar-refractivity contribution is 6.03. The van der Waals surface area contributed by atoms with Gasteiger partial charge in [0.2, 0.25) is 0 Å². The highest BCUT2D eigenvalue weighted by atomic mass is 16.5. The van der Waals surface area contributed by atoms with Gasteiger partial charge in [-0.1, -0.05) is 42.5 Å². The Kier molecular flexibility index (Phi) is 3.94. The lowest BCUT2D eigenvalue weighted by Crippen LogP contribution is -2.58. The second-order valence-electron chi connectivity index (χ2n) is 6.80. The van der Waals surface area contributed by atoms with Gasteiger partial charge >= 0.3 is 11.9 Å². The lowest BCUT2D eigenvalue weighted by Gasteiger charge is -2.50. The first-order chi connectivity index (χ1) is 12.6. The van der Waals surface area contributed by atoms with E-state index in [9.17, 15) is 9.59 Å². The van der Waals surface area contributed by atoms with Gasteiger partial charge in [-0.2, -0.15) is 0 Å². The average Bonchev–Trinajstić information content (AvgIpc) is 2.71. The van der Waals surface area contributed by atoms with E-state index in [2.05, 4.69) is 17.0 Å². The van der Waals surface area contributed by atoms with E-state index in [0.717, 1.165) is 35.3 Å². The standard InChI is InChI=1S/C21H21NO4/c1-25-19(23)21(20(24)26-2)13-15-8-4-6-10-17(15)22-12-11-14-7-3-5-9-16(14)18(21)22/h3-10,18H,11-13H2,1-2H3. The quantitative estimate of drug-likeness (QED) is 0.615. The number of hydrogen-bond acceptors (Lipinski definition) is 5. The number of fused-ring (bicyclic) bond motifs is 5. The van der Waals surface area contributed by atoms with E-state index in [1.54, 1.807) is 0 Å². The van der Waals surface area contributed by atoms with Crippen molar-refractivity contribution in [2.45, 2.75) is 18.9 Å². The molecule has 0 aromatic heterocycles. The molecule has 134 valence electrons. The Balaban J connectivity index is 2.01. The molecule has 2 aromatic carbocycles. The number of methoxy groups -OCH3 is 2. The van der Waals surface area contributed by atoms with Gasteiger partial charge in [0.25, 0.3) is 0 Å². The van der Waals surface area contributed by atoms with Crippen LogP contribution in [0.5, 0.6) is 0 Å². The van der Waals surface area contributed by atoms with Crippen LogP contribution in [-0.4, -0.2) is 32.7 Å². The third-order valence-corrected chi connectivity index (χ3v) is 5.62. The summed E-state index contributed by atoms with van der Waals surface area (Å²) in [5.41, 5.74) is 2.75. The maximum absolute atomic E-state index is 13.0. The molecule has 4 rings (SSSR count). The highest BCUT2D eigenvalue weighted by Gasteiger charge is 2.60. The second-order valence-corrected chi connectivity index (χ2v) is 6.80. The summed E-state index contributed by atoms with van der Waals surface area (Å²) in [7, 11) is 2.65. The zero-order valence-corrected chi connectivity index (χ0v) is 14.9. The molecular weight excluding hydrogens is 330 g/mol. The van der Waals surface area contributed by atoms with E-state index in [0.29, 0.717) is 0 Å². The number of carbonyl (C=O) groups excluding carboxylic acids is 2. The van der Waals surface area contributed by atoms with E-state index < -0.39 is 23.4 Å². The Morgan fingerprint density at radius 3 is 2.27 bits per heavy atom. The van der Waals surface area contributed by atoms with E-state index in [1.165, 1.54) is 14.2 Å². The minimum Gasteiger partial charge on any atom is -0.468 e. The average molecular weight is 351 g/mol. The Morgan fingerprint density at radius 1 is 0.962 bits per heavy atom. The highest BCUT2D eigenvalue weighted by Crippen LogP contribution is 2.53. The Bertz CT molecular complexity index is 860. The zero-order valence-electron chi connectivity index (χ0n) is 14.9. The van der Waals surface area contributed by atoms with Crippen LogP contribution >= 0.6 is 0 Å². The van der Waals surface area contributed by atoms with Crippen molar-refractivity contribution < 1.29 is 19.1 Å². The molecule has 0 saturated carbocycles. The Morgan fingerprint density at radius 2 is 1.58 bits per heavy atom. The Hall–Kier alpha value is -2.82. The van der Waals surface area contributed by atoms with Gasteiger partial charge in [0.05, 0.1) is 20.3 Å². The summed E-state index contributed by atoms with van der Waals surface area (Å²) < 4.78 is 10.3. The summed E-state index contributed by atoms with van der Waals surface area (Å²) >= 11 is 0. The van der Waals surface area contributed by atoms with E-state index in [4.69, 9.17) is 9.47 Å². The van der Waals surface area contributed by atoms with E-state index >= 15 is 0 Å². The summed E-state index contributed by atoms with van der Waals surface area (Å²) in [4.78, 5) is 28.2. The van der Waals surface area contributed by atoms with Crippen LogP contribution in [0.15, 0.2) is 48.5 Å². The number of esters is 2. The lowest BCUT2D eigenvalue weighted by molar-refractivity contribution is -0.171. The number of benzene rings is 2. The first-order valence-corrected chi connectivity index (χ1v) is 8.72. The van der Waals surface area contributed by atoms with Crippen LogP contribution in [0.25, 0.3) is 0 Å². The van der Waals surface area contributed by atoms with Crippen molar-refractivity contribution in [2.75, 3.05) is 25.7 Å². The normalized spacial score (nSPS) is 19.6. The number of carbonyl (C=O) groups is 2. The minimum atomic E-state index is -1.42. The number of ether oxygens (including phenoxy) is 2. The molecule has 0 fully saturated rings. The first-order valence-electron chi connectivity index (χ1n) is 8.72. The number of nitrogens with zero attached hydrogens (tertiary/aromatic N) is 1. The topological polar surface area (TPSA) is 55.8 Å². The van der Waals surface area contributed by atoms with Crippen LogP contribution in [0.4, 0.5) is 5.69 Å². The molecule has 5 heteroatoms. The van der Waals surface area contributed by atoms with Gasteiger partial charge in [0.1, 0.15) is 0 Å². The lowest BCUT2D eigenvalue weighted by atomic mass is 9.66. The van der Waals surface area contributed by atoms with Gasteiger partial charge in [-0.05, 0) is 29.2 Å². The molecule has 2 aliphatic heterocycles. The molecule has 0 amide bonds. The van der Waals surface area contributed by atoms with Crippen LogP contribution in [0.1, 0.15) is 22.7 Å². The summed E-state index contributed by atoms with van der Waals surface area (Å²) in [5.74, 6) is -1.10. The molecule has 0 aliphatic carbocycles. The summed E-state index contributed by atoms with van der Waals surface area (Å²) in [6, 6.07) is 15.5. The SMILES string of the molecule is COC(=O)C1(C(=O)OC)Cc2ccccc2N2CCc3ccccc3C21. The minimum absolute atomic E-state index is 0.262. The molecule has 2 heterocycles. The predicted molar refractivity (Wildman–Crippen MR) is 96.8 cm³/mol. The van der Waals surface area contributed by atoms with Gasteiger partial charge < -0.3 is 14.4 Å². The molecule has 1 atom stereocenters. The van der Waals surface area contributed by atoms with Gasteiger partial charge in [0.15, 0.2) is 5.41 Å². The fourth-order valence-electron chi connectivity index (χ4n) is 4.51. The van der Waals surface area contributed by atoms with E-state index in [1.807, 2.05) is 36.4 Å². The fraction of sp³-hybridized carbons (Fsp3) is 0.333. The van der Waals surface area contributed by atoms with Gasteiger partial charge in [-0.25, -0.2) is 0 Å². The number of para-hydroxylation sites is 1. The molecule has 0 spiro atoms. The molecule has 0 saturated heterocycles. The monoisotopic (exact) mass is 351 g/mol. The third kappa shape index (κ3) is 2.16. The van der Waals surface area contributed by atoms with Crippen molar-refractivity contribution in [2.24, 2.45) is 5.41 Å². The van der Waals surface area contributed by atoms with Crippen molar-refractivity contribution >= 4 is 17.6 Å². The smallest absolute Gasteiger partial charge is 0.326 e. The van der Waals surface area contributed by atoms with Crippen molar-refractivity contribution in [1.82, 2.24) is 0 Å². The van der Waals surface area contributed by atoms with Gasteiger partial charge in [-0.15, -0.1) is 0 Å². The van der Waals surface area contributed by atoms with Crippen LogP contribution in [0.2, 0.25) is 0 Å². The molecule has 2 aromatic rings. The molecule has 26 heavy (non-hydrogen) atoms. The molecule has 2 aliphatic rings. The summed E-state index contributed by atoms with van der Waals surface area (Å²) in [6.07, 6.45) is 1.12. The second kappa shape index (κ2) is 6.16. The first kappa shape index (κ1) is 16.6. The van der Waals surface area contributed by atoms with Crippen molar-refractivity contribution in [1.29, 1.82) is 0 Å². The van der Waals surface area contributed by atoms with Crippen molar-refractivity contribution in [3.8, 4) is 0 Å². The molecule has 0 bridgehead atoms. The maximum atomic E-state index is 13.0. The fourth-order valence-corrected chi connectivity index (χ4v) is 4.51. The largest absolute Gasteiger partial charge is 0.468 e. The molecule has 5 nitrogen and oxygen atoms in total. The van der Waals surface area contributed by atoms with Gasteiger partial charge in [0, 0.05) is 18.7 Å².